The number of hydrogen-bond acceptors (Lipinski definition) is 6. The highest BCUT2D eigenvalue weighted by atomic mass is 16.7. The summed E-state index contributed by atoms with van der Waals surface area (Å²) >= 11 is 0. The second-order valence-corrected chi connectivity index (χ2v) is 7.78. The van der Waals surface area contributed by atoms with Crippen LogP contribution in [0, 0.1) is 0 Å². The minimum atomic E-state index is -0.625. The summed E-state index contributed by atoms with van der Waals surface area (Å²) in [6.07, 6.45) is 1.83. The first kappa shape index (κ1) is 22.0. The first-order valence-corrected chi connectivity index (χ1v) is 9.34. The van der Waals surface area contributed by atoms with Crippen LogP contribution < -0.4 is 11.1 Å². The molecule has 2 rings (SSSR count). The number of hydrogen-bond donors (Lipinski definition) is 2. The lowest BCUT2D eigenvalue weighted by Crippen LogP contribution is -2.41. The lowest BCUT2D eigenvalue weighted by atomic mass is 9.77. The van der Waals surface area contributed by atoms with Crippen LogP contribution in [-0.2, 0) is 18.8 Å². The van der Waals surface area contributed by atoms with E-state index in [0.717, 1.165) is 11.0 Å². The third-order valence-corrected chi connectivity index (χ3v) is 5.02. The van der Waals surface area contributed by atoms with Crippen molar-refractivity contribution in [2.75, 3.05) is 18.9 Å². The molecular weight excluding hydrogens is 359 g/mol. The van der Waals surface area contributed by atoms with Gasteiger partial charge in [0.1, 0.15) is 0 Å². The standard InChI is InChI=1S/C20H29BN2O5/c1-7-26-18(25)16-11-14(8-9-17(16)22)10-15(12-23-13(2)24)21-27-19(3,4)20(5,6)28-21/h8-11H,7,12,22H2,1-6H3,(H,23,24). The summed E-state index contributed by atoms with van der Waals surface area (Å²) < 4.78 is 17.3. The van der Waals surface area contributed by atoms with Crippen LogP contribution in [0.3, 0.4) is 0 Å². The molecule has 1 saturated heterocycles. The van der Waals surface area contributed by atoms with Crippen LogP contribution in [-0.4, -0.2) is 43.3 Å². The normalized spacial score (nSPS) is 18.1. The first-order chi connectivity index (χ1) is 13.0. The summed E-state index contributed by atoms with van der Waals surface area (Å²) in [6.45, 7) is 11.6. The molecule has 1 aliphatic rings. The maximum absolute atomic E-state index is 12.1. The van der Waals surface area contributed by atoms with E-state index in [-0.39, 0.29) is 19.1 Å². The fourth-order valence-electron chi connectivity index (χ4n) is 2.69. The van der Waals surface area contributed by atoms with E-state index in [1.165, 1.54) is 6.92 Å². The van der Waals surface area contributed by atoms with Gasteiger partial charge in [0.15, 0.2) is 0 Å². The van der Waals surface area contributed by atoms with E-state index in [1.807, 2.05) is 33.8 Å². The average molecular weight is 388 g/mol. The Morgan fingerprint density at radius 3 is 2.36 bits per heavy atom. The molecule has 8 heteroatoms. The maximum atomic E-state index is 12.1. The minimum absolute atomic E-state index is 0.160. The summed E-state index contributed by atoms with van der Waals surface area (Å²) in [5, 5.41) is 2.78. The summed E-state index contributed by atoms with van der Waals surface area (Å²) in [4.78, 5) is 23.5. The van der Waals surface area contributed by atoms with Gasteiger partial charge in [-0.3, -0.25) is 4.79 Å². The van der Waals surface area contributed by atoms with Crippen LogP contribution >= 0.6 is 0 Å². The van der Waals surface area contributed by atoms with Crippen molar-refractivity contribution < 1.29 is 23.6 Å². The molecule has 7 nitrogen and oxygen atoms in total. The second kappa shape index (κ2) is 8.37. The number of ether oxygens (including phenoxy) is 1. The zero-order valence-electron chi connectivity index (χ0n) is 17.4. The largest absolute Gasteiger partial charge is 0.492 e. The van der Waals surface area contributed by atoms with Crippen molar-refractivity contribution in [1.82, 2.24) is 5.32 Å². The van der Waals surface area contributed by atoms with Crippen molar-refractivity contribution in [1.29, 1.82) is 0 Å². The van der Waals surface area contributed by atoms with E-state index in [1.54, 1.807) is 25.1 Å². The van der Waals surface area contributed by atoms with E-state index < -0.39 is 24.3 Å². The smallest absolute Gasteiger partial charge is 0.462 e. The molecule has 3 N–H and O–H groups in total. The van der Waals surface area contributed by atoms with Gasteiger partial charge in [-0.1, -0.05) is 12.1 Å². The Balaban J connectivity index is 2.39. The van der Waals surface area contributed by atoms with Gasteiger partial charge in [-0.2, -0.15) is 0 Å². The molecule has 28 heavy (non-hydrogen) atoms. The van der Waals surface area contributed by atoms with E-state index >= 15 is 0 Å². The van der Waals surface area contributed by atoms with Crippen molar-refractivity contribution in [2.45, 2.75) is 52.7 Å². The predicted octanol–water partition coefficient (Wildman–Crippen LogP) is 2.60. The highest BCUT2D eigenvalue weighted by Gasteiger charge is 2.52. The number of rotatable bonds is 6. The van der Waals surface area contributed by atoms with E-state index in [2.05, 4.69) is 5.32 Å². The van der Waals surface area contributed by atoms with Crippen molar-refractivity contribution >= 4 is 30.8 Å². The topological polar surface area (TPSA) is 99.9 Å². The van der Waals surface area contributed by atoms with Gasteiger partial charge in [0.2, 0.25) is 5.91 Å². The molecule has 1 amide bonds. The van der Waals surface area contributed by atoms with Crippen molar-refractivity contribution in [2.24, 2.45) is 0 Å². The van der Waals surface area contributed by atoms with E-state index in [0.29, 0.717) is 11.3 Å². The molecule has 0 spiro atoms. The molecule has 0 atom stereocenters. The van der Waals surface area contributed by atoms with Gasteiger partial charge in [-0.15, -0.1) is 0 Å². The second-order valence-electron chi connectivity index (χ2n) is 7.78. The van der Waals surface area contributed by atoms with E-state index in [9.17, 15) is 9.59 Å². The van der Waals surface area contributed by atoms with Gasteiger partial charge < -0.3 is 25.1 Å². The monoisotopic (exact) mass is 388 g/mol. The Bertz CT molecular complexity index is 773. The summed E-state index contributed by atoms with van der Waals surface area (Å²) in [5.74, 6) is -0.638. The fourth-order valence-corrected chi connectivity index (χ4v) is 2.69. The Morgan fingerprint density at radius 2 is 1.82 bits per heavy atom. The average Bonchev–Trinajstić information content (AvgIpc) is 2.80. The Hall–Kier alpha value is -2.32. The fraction of sp³-hybridized carbons (Fsp3) is 0.500. The number of benzene rings is 1. The molecule has 1 aliphatic heterocycles. The van der Waals surface area contributed by atoms with Crippen molar-refractivity contribution in [3.8, 4) is 0 Å². The number of nitrogens with two attached hydrogens (primary N) is 1. The summed E-state index contributed by atoms with van der Waals surface area (Å²) in [6, 6.07) is 5.10. The van der Waals surface area contributed by atoms with Gasteiger partial charge in [0, 0.05) is 19.2 Å². The molecule has 0 aromatic heterocycles. The summed E-state index contributed by atoms with van der Waals surface area (Å²) in [5.41, 5.74) is 6.99. The molecule has 0 saturated carbocycles. The van der Waals surface area contributed by atoms with Crippen LogP contribution in [0.15, 0.2) is 23.7 Å². The number of nitrogen functional groups attached to an aromatic ring is 1. The van der Waals surface area contributed by atoms with Gasteiger partial charge in [0.25, 0.3) is 0 Å². The van der Waals surface area contributed by atoms with E-state index in [4.69, 9.17) is 19.8 Å². The lowest BCUT2D eigenvalue weighted by molar-refractivity contribution is -0.118. The van der Waals surface area contributed by atoms with Gasteiger partial charge in [-0.05, 0) is 57.8 Å². The molecule has 0 bridgehead atoms. The molecule has 152 valence electrons. The van der Waals surface area contributed by atoms with Crippen LogP contribution in [0.25, 0.3) is 6.08 Å². The number of anilines is 1. The molecule has 0 radical (unpaired) electrons. The molecule has 1 heterocycles. The SMILES string of the molecule is CCOC(=O)c1cc(C=C(CNC(C)=O)B2OC(C)(C)C(C)(C)O2)ccc1N. The molecule has 1 aromatic rings. The third-order valence-electron chi connectivity index (χ3n) is 5.02. The Labute approximate surface area is 166 Å². The third kappa shape index (κ3) is 4.94. The number of carbonyl (C=O) groups excluding carboxylic acids is 2. The van der Waals surface area contributed by atoms with Crippen molar-refractivity contribution in [3.05, 3.63) is 34.8 Å². The molecule has 1 fully saturated rings. The van der Waals surface area contributed by atoms with Crippen LogP contribution in [0.5, 0.6) is 0 Å². The first-order valence-electron chi connectivity index (χ1n) is 9.34. The van der Waals surface area contributed by atoms with Crippen molar-refractivity contribution in [3.63, 3.8) is 0 Å². The number of esters is 1. The predicted molar refractivity (Wildman–Crippen MR) is 110 cm³/mol. The Morgan fingerprint density at radius 1 is 1.21 bits per heavy atom. The molecule has 0 unspecified atom stereocenters. The Kier molecular flexibility index (Phi) is 6.57. The highest BCUT2D eigenvalue weighted by molar-refractivity contribution is 6.56. The highest BCUT2D eigenvalue weighted by Crippen LogP contribution is 2.38. The minimum Gasteiger partial charge on any atom is -0.462 e. The van der Waals surface area contributed by atoms with Gasteiger partial charge >= 0.3 is 13.1 Å². The number of carbonyl (C=O) groups is 2. The zero-order valence-corrected chi connectivity index (χ0v) is 17.4. The zero-order chi connectivity index (χ0) is 21.1. The van der Waals surface area contributed by atoms with Gasteiger partial charge in [0.05, 0.1) is 23.4 Å². The quantitative estimate of drug-likeness (QED) is 0.442. The van der Waals surface area contributed by atoms with Crippen LogP contribution in [0.4, 0.5) is 5.69 Å². The number of nitrogens with one attached hydrogen (secondary N) is 1. The van der Waals surface area contributed by atoms with Gasteiger partial charge in [-0.25, -0.2) is 4.79 Å². The molecular formula is C20H29BN2O5. The van der Waals surface area contributed by atoms with Crippen LogP contribution in [0.1, 0.15) is 57.5 Å². The molecule has 1 aromatic carbocycles. The molecule has 0 aliphatic carbocycles. The lowest BCUT2D eigenvalue weighted by Gasteiger charge is -2.32. The maximum Gasteiger partial charge on any atom is 0.492 e. The van der Waals surface area contributed by atoms with Crippen LogP contribution in [0.2, 0.25) is 0 Å². The summed E-state index contributed by atoms with van der Waals surface area (Å²) in [7, 11) is -0.625. The number of amides is 1.